The van der Waals surface area contributed by atoms with Crippen LogP contribution < -0.4 is 0 Å². The Morgan fingerprint density at radius 1 is 1.32 bits per heavy atom. The summed E-state index contributed by atoms with van der Waals surface area (Å²) in [5, 5.41) is 0. The van der Waals surface area contributed by atoms with Gasteiger partial charge < -0.3 is 4.74 Å². The first-order valence-electron chi connectivity index (χ1n) is 7.08. The maximum Gasteiger partial charge on any atom is 0.305 e. The average molecular weight is 325 g/mol. The summed E-state index contributed by atoms with van der Waals surface area (Å²) in [6.07, 6.45) is 6.28. The Hall–Kier alpha value is -0.830. The molecule has 1 saturated carbocycles. The quantitative estimate of drug-likeness (QED) is 0.739. The summed E-state index contributed by atoms with van der Waals surface area (Å²) in [7, 11) is 0. The van der Waals surface area contributed by atoms with E-state index >= 15 is 0 Å². The summed E-state index contributed by atoms with van der Waals surface area (Å²) in [4.78, 5) is 11.6. The van der Waals surface area contributed by atoms with Crippen molar-refractivity contribution in [2.24, 2.45) is 0 Å². The third kappa shape index (κ3) is 3.38. The summed E-state index contributed by atoms with van der Waals surface area (Å²) < 4.78 is 6.23. The zero-order valence-electron chi connectivity index (χ0n) is 11.5. The van der Waals surface area contributed by atoms with Gasteiger partial charge in [0.05, 0.1) is 6.61 Å². The van der Waals surface area contributed by atoms with Gasteiger partial charge in [-0.25, -0.2) is 0 Å². The average Bonchev–Trinajstić information content (AvgIpc) is 2.87. The molecule has 0 spiro atoms. The molecule has 0 unspecified atom stereocenters. The fourth-order valence-electron chi connectivity index (χ4n) is 3.17. The van der Waals surface area contributed by atoms with Gasteiger partial charge in [-0.3, -0.25) is 4.79 Å². The second kappa shape index (κ2) is 6.56. The minimum atomic E-state index is -0.0687. The van der Waals surface area contributed by atoms with Crippen molar-refractivity contribution in [2.45, 2.75) is 50.9 Å². The SMILES string of the molecule is CCOC(=O)CCC1(c2ccccc2Br)CCCC1. The number of carbonyl (C=O) groups excluding carboxylic acids is 1. The predicted molar refractivity (Wildman–Crippen MR) is 80.2 cm³/mol. The Balaban J connectivity index is 2.15. The molecule has 0 heterocycles. The molecule has 0 bridgehead atoms. The van der Waals surface area contributed by atoms with Gasteiger partial charge in [-0.15, -0.1) is 0 Å². The molecule has 1 aliphatic rings. The molecule has 0 saturated heterocycles. The minimum Gasteiger partial charge on any atom is -0.466 e. The van der Waals surface area contributed by atoms with Gasteiger partial charge in [0.25, 0.3) is 0 Å². The van der Waals surface area contributed by atoms with Crippen LogP contribution in [0.2, 0.25) is 0 Å². The molecular weight excluding hydrogens is 304 g/mol. The number of carbonyl (C=O) groups is 1. The zero-order valence-corrected chi connectivity index (χ0v) is 13.0. The van der Waals surface area contributed by atoms with Gasteiger partial charge in [-0.05, 0) is 43.2 Å². The van der Waals surface area contributed by atoms with Crippen LogP contribution in [0.25, 0.3) is 0 Å². The number of benzene rings is 1. The highest BCUT2D eigenvalue weighted by atomic mass is 79.9. The fourth-order valence-corrected chi connectivity index (χ4v) is 3.88. The van der Waals surface area contributed by atoms with E-state index in [0.717, 1.165) is 6.42 Å². The first kappa shape index (κ1) is 14.6. The van der Waals surface area contributed by atoms with Crippen molar-refractivity contribution in [2.75, 3.05) is 6.61 Å². The molecule has 1 fully saturated rings. The molecule has 0 N–H and O–H groups in total. The van der Waals surface area contributed by atoms with Gasteiger partial charge in [0.2, 0.25) is 0 Å². The standard InChI is InChI=1S/C16H21BrO2/c1-2-19-15(18)9-12-16(10-5-6-11-16)13-7-3-4-8-14(13)17/h3-4,7-8H,2,5-6,9-12H2,1H3. The third-order valence-electron chi connectivity index (χ3n) is 4.12. The van der Waals surface area contributed by atoms with Crippen molar-refractivity contribution >= 4 is 21.9 Å². The lowest BCUT2D eigenvalue weighted by Gasteiger charge is -2.30. The van der Waals surface area contributed by atoms with Crippen LogP contribution >= 0.6 is 15.9 Å². The first-order chi connectivity index (χ1) is 9.18. The molecule has 19 heavy (non-hydrogen) atoms. The normalized spacial score (nSPS) is 17.4. The number of esters is 1. The molecule has 1 aromatic rings. The highest BCUT2D eigenvalue weighted by Gasteiger charge is 2.37. The van der Waals surface area contributed by atoms with Gasteiger partial charge in [-0.2, -0.15) is 0 Å². The molecule has 3 heteroatoms. The third-order valence-corrected chi connectivity index (χ3v) is 4.81. The lowest BCUT2D eigenvalue weighted by molar-refractivity contribution is -0.143. The van der Waals surface area contributed by atoms with Crippen LogP contribution in [0.3, 0.4) is 0 Å². The molecule has 1 aliphatic carbocycles. The zero-order chi connectivity index (χ0) is 13.7. The van der Waals surface area contributed by atoms with E-state index in [4.69, 9.17) is 4.74 Å². The van der Waals surface area contributed by atoms with E-state index in [0.29, 0.717) is 13.0 Å². The maximum atomic E-state index is 11.6. The molecule has 104 valence electrons. The van der Waals surface area contributed by atoms with Gasteiger partial charge in [-0.1, -0.05) is 47.0 Å². The minimum absolute atomic E-state index is 0.0687. The van der Waals surface area contributed by atoms with Crippen molar-refractivity contribution in [3.05, 3.63) is 34.3 Å². The number of hydrogen-bond acceptors (Lipinski definition) is 2. The Morgan fingerprint density at radius 2 is 2.00 bits per heavy atom. The van der Waals surface area contributed by atoms with Crippen LogP contribution in [0.4, 0.5) is 0 Å². The second-order valence-corrected chi connectivity index (χ2v) is 6.13. The molecule has 0 amide bonds. The number of hydrogen-bond donors (Lipinski definition) is 0. The van der Waals surface area contributed by atoms with Crippen molar-refractivity contribution < 1.29 is 9.53 Å². The number of rotatable bonds is 5. The largest absolute Gasteiger partial charge is 0.466 e. The molecule has 2 rings (SSSR count). The van der Waals surface area contributed by atoms with E-state index in [1.165, 1.54) is 35.7 Å². The monoisotopic (exact) mass is 324 g/mol. The van der Waals surface area contributed by atoms with Gasteiger partial charge in [0, 0.05) is 10.9 Å². The van der Waals surface area contributed by atoms with Crippen LogP contribution in [0.15, 0.2) is 28.7 Å². The van der Waals surface area contributed by atoms with E-state index < -0.39 is 0 Å². The molecule has 2 nitrogen and oxygen atoms in total. The second-order valence-electron chi connectivity index (χ2n) is 5.27. The summed E-state index contributed by atoms with van der Waals surface area (Å²) in [5.41, 5.74) is 1.52. The van der Waals surface area contributed by atoms with E-state index in [-0.39, 0.29) is 11.4 Å². The lowest BCUT2D eigenvalue weighted by Crippen LogP contribution is -2.24. The molecule has 0 radical (unpaired) electrons. The molecule has 0 atom stereocenters. The van der Waals surface area contributed by atoms with Gasteiger partial charge in [0.1, 0.15) is 0 Å². The van der Waals surface area contributed by atoms with E-state index in [1.807, 2.05) is 13.0 Å². The summed E-state index contributed by atoms with van der Waals surface area (Å²) in [6, 6.07) is 8.42. The highest BCUT2D eigenvalue weighted by Crippen LogP contribution is 2.46. The van der Waals surface area contributed by atoms with Crippen LogP contribution in [-0.2, 0) is 14.9 Å². The van der Waals surface area contributed by atoms with E-state index in [2.05, 4.69) is 34.1 Å². The highest BCUT2D eigenvalue weighted by molar-refractivity contribution is 9.10. The van der Waals surface area contributed by atoms with Gasteiger partial charge >= 0.3 is 5.97 Å². The van der Waals surface area contributed by atoms with Crippen LogP contribution in [-0.4, -0.2) is 12.6 Å². The summed E-state index contributed by atoms with van der Waals surface area (Å²) in [5.74, 6) is -0.0687. The van der Waals surface area contributed by atoms with Crippen molar-refractivity contribution in [3.63, 3.8) is 0 Å². The van der Waals surface area contributed by atoms with Crippen molar-refractivity contribution in [1.29, 1.82) is 0 Å². The topological polar surface area (TPSA) is 26.3 Å². The first-order valence-corrected chi connectivity index (χ1v) is 7.88. The molecule has 0 aromatic heterocycles. The smallest absolute Gasteiger partial charge is 0.305 e. The van der Waals surface area contributed by atoms with Crippen LogP contribution in [0.5, 0.6) is 0 Å². The van der Waals surface area contributed by atoms with Gasteiger partial charge in [0.15, 0.2) is 0 Å². The molecule has 1 aromatic carbocycles. The Bertz CT molecular complexity index is 436. The van der Waals surface area contributed by atoms with Crippen molar-refractivity contribution in [3.8, 4) is 0 Å². The Morgan fingerprint density at radius 3 is 2.63 bits per heavy atom. The molecule has 0 aliphatic heterocycles. The lowest BCUT2D eigenvalue weighted by atomic mass is 9.75. The Kier molecular flexibility index (Phi) is 5.03. The maximum absolute atomic E-state index is 11.6. The van der Waals surface area contributed by atoms with E-state index in [9.17, 15) is 4.79 Å². The van der Waals surface area contributed by atoms with Crippen LogP contribution in [0, 0.1) is 0 Å². The van der Waals surface area contributed by atoms with Crippen LogP contribution in [0.1, 0.15) is 51.0 Å². The van der Waals surface area contributed by atoms with E-state index in [1.54, 1.807) is 0 Å². The summed E-state index contributed by atoms with van der Waals surface area (Å²) >= 11 is 3.66. The number of ether oxygens (including phenoxy) is 1. The predicted octanol–water partition coefficient (Wildman–Crippen LogP) is 4.60. The fraction of sp³-hybridized carbons (Fsp3) is 0.562. The Labute approximate surface area is 123 Å². The molecular formula is C16H21BrO2. The summed E-state index contributed by atoms with van der Waals surface area (Å²) in [6.45, 7) is 2.33. The van der Waals surface area contributed by atoms with Crippen molar-refractivity contribution in [1.82, 2.24) is 0 Å². The number of halogens is 1.